The molecule has 1 aliphatic rings. The summed E-state index contributed by atoms with van der Waals surface area (Å²) in [5, 5.41) is 0. The lowest BCUT2D eigenvalue weighted by atomic mass is 9.85. The lowest BCUT2D eigenvalue weighted by Gasteiger charge is -2.24. The van der Waals surface area contributed by atoms with Crippen LogP contribution in [0.25, 0.3) is 0 Å². The van der Waals surface area contributed by atoms with Crippen LogP contribution >= 0.6 is 0 Å². The number of carbonyl (C=O) groups is 1. The maximum absolute atomic E-state index is 10.6. The van der Waals surface area contributed by atoms with E-state index in [-0.39, 0.29) is 12.0 Å². The highest BCUT2D eigenvalue weighted by Gasteiger charge is 2.26. The highest BCUT2D eigenvalue weighted by molar-refractivity contribution is 5.76. The number of hydrogen-bond acceptors (Lipinski definition) is 2. The fourth-order valence-electron chi connectivity index (χ4n) is 1.49. The number of rotatable bonds is 1. The molecule has 0 aliphatic heterocycles. The van der Waals surface area contributed by atoms with E-state index >= 15 is 0 Å². The van der Waals surface area contributed by atoms with Crippen molar-refractivity contribution in [3.8, 4) is 0 Å². The zero-order chi connectivity index (χ0) is 7.56. The molecule has 3 heteroatoms. The van der Waals surface area contributed by atoms with Crippen LogP contribution in [0.15, 0.2) is 0 Å². The molecular formula is C7H13N2O. The average Bonchev–Trinajstić information content (AvgIpc) is 1.88. The largest absolute Gasteiger partial charge is 0.327 e. The van der Waals surface area contributed by atoms with Crippen LogP contribution in [0, 0.1) is 5.92 Å². The smallest absolute Gasteiger partial charge is 0.243 e. The molecule has 0 spiro atoms. The molecule has 1 fully saturated rings. The minimum atomic E-state index is -0.479. The predicted octanol–water partition coefficient (Wildman–Crippen LogP) is 0.313. The van der Waals surface area contributed by atoms with Gasteiger partial charge >= 0.3 is 0 Å². The van der Waals surface area contributed by atoms with Gasteiger partial charge in [-0.3, -0.25) is 10.5 Å². The Morgan fingerprint density at radius 3 is 2.40 bits per heavy atom. The van der Waals surface area contributed by atoms with Gasteiger partial charge < -0.3 is 5.73 Å². The second kappa shape index (κ2) is 3.01. The van der Waals surface area contributed by atoms with Gasteiger partial charge in [-0.15, -0.1) is 0 Å². The molecule has 57 valence electrons. The summed E-state index contributed by atoms with van der Waals surface area (Å²) in [6, 6.07) is -0.0428. The third-order valence-electron chi connectivity index (χ3n) is 2.16. The maximum Gasteiger partial charge on any atom is 0.243 e. The normalized spacial score (nSPS) is 33.7. The summed E-state index contributed by atoms with van der Waals surface area (Å²) in [7, 11) is 0. The molecule has 0 aromatic heterocycles. The maximum atomic E-state index is 10.6. The summed E-state index contributed by atoms with van der Waals surface area (Å²) in [6.45, 7) is 0. The minimum absolute atomic E-state index is 0.0428. The van der Waals surface area contributed by atoms with Crippen molar-refractivity contribution in [1.82, 2.24) is 5.73 Å². The van der Waals surface area contributed by atoms with E-state index in [1.54, 1.807) is 0 Å². The van der Waals surface area contributed by atoms with Crippen molar-refractivity contribution in [2.45, 2.75) is 31.7 Å². The molecule has 0 saturated heterocycles. The first-order chi connectivity index (χ1) is 4.72. The van der Waals surface area contributed by atoms with Crippen molar-refractivity contribution in [3.05, 3.63) is 0 Å². The van der Waals surface area contributed by atoms with Crippen molar-refractivity contribution in [2.75, 3.05) is 0 Å². The fourth-order valence-corrected chi connectivity index (χ4v) is 1.49. The van der Waals surface area contributed by atoms with Gasteiger partial charge in [-0.1, -0.05) is 12.8 Å². The van der Waals surface area contributed by atoms with Crippen LogP contribution in [-0.4, -0.2) is 11.9 Å². The number of carbonyl (C=O) groups excluding carboxylic acids is 1. The Bertz CT molecular complexity index is 136. The number of amides is 1. The Hall–Kier alpha value is -0.570. The van der Waals surface area contributed by atoms with Crippen molar-refractivity contribution in [2.24, 2.45) is 11.7 Å². The molecule has 1 aliphatic carbocycles. The van der Waals surface area contributed by atoms with Crippen molar-refractivity contribution < 1.29 is 4.79 Å². The fraction of sp³-hybridized carbons (Fsp3) is 0.857. The first-order valence-corrected chi connectivity index (χ1v) is 3.73. The molecule has 1 saturated carbocycles. The van der Waals surface area contributed by atoms with Gasteiger partial charge in [0, 0.05) is 6.04 Å². The molecule has 0 heterocycles. The van der Waals surface area contributed by atoms with Crippen molar-refractivity contribution >= 4 is 5.91 Å². The van der Waals surface area contributed by atoms with Gasteiger partial charge in [0.2, 0.25) is 5.91 Å². The molecule has 1 amide bonds. The van der Waals surface area contributed by atoms with Crippen LogP contribution in [0.1, 0.15) is 25.7 Å². The Labute approximate surface area is 60.8 Å². The molecular weight excluding hydrogens is 128 g/mol. The van der Waals surface area contributed by atoms with Gasteiger partial charge in [0.25, 0.3) is 0 Å². The molecule has 0 bridgehead atoms. The Kier molecular flexibility index (Phi) is 2.27. The van der Waals surface area contributed by atoms with E-state index in [1.165, 1.54) is 0 Å². The van der Waals surface area contributed by atoms with E-state index in [0.717, 1.165) is 25.7 Å². The third kappa shape index (κ3) is 1.48. The second-order valence-electron chi connectivity index (χ2n) is 2.92. The molecule has 3 N–H and O–H groups in total. The van der Waals surface area contributed by atoms with Gasteiger partial charge in [-0.2, -0.15) is 0 Å². The highest BCUT2D eigenvalue weighted by Crippen LogP contribution is 2.22. The summed E-state index contributed by atoms with van der Waals surface area (Å²) in [4.78, 5) is 10.6. The van der Waals surface area contributed by atoms with Crippen LogP contribution in [0.2, 0.25) is 0 Å². The van der Waals surface area contributed by atoms with Gasteiger partial charge in [0.15, 0.2) is 0 Å². The number of hydrogen-bond donors (Lipinski definition) is 1. The van der Waals surface area contributed by atoms with E-state index in [0.29, 0.717) is 0 Å². The average molecular weight is 141 g/mol. The first kappa shape index (κ1) is 7.54. The SMILES string of the molecule is [NH]C(=O)C1CCCCC1N. The number of nitrogens with two attached hydrogens (primary N) is 1. The van der Waals surface area contributed by atoms with Gasteiger partial charge in [0.1, 0.15) is 0 Å². The molecule has 3 nitrogen and oxygen atoms in total. The Morgan fingerprint density at radius 2 is 2.00 bits per heavy atom. The van der Waals surface area contributed by atoms with Crippen LogP contribution < -0.4 is 11.5 Å². The highest BCUT2D eigenvalue weighted by atomic mass is 16.1. The van der Waals surface area contributed by atoms with E-state index in [4.69, 9.17) is 11.5 Å². The topological polar surface area (TPSA) is 66.9 Å². The quantitative estimate of drug-likeness (QED) is 0.571. The molecule has 2 atom stereocenters. The number of nitrogens with one attached hydrogen (secondary N) is 1. The summed E-state index contributed by atoms with van der Waals surface area (Å²) >= 11 is 0. The second-order valence-corrected chi connectivity index (χ2v) is 2.92. The van der Waals surface area contributed by atoms with E-state index < -0.39 is 5.91 Å². The molecule has 0 aromatic rings. The lowest BCUT2D eigenvalue weighted by molar-refractivity contribution is -0.123. The standard InChI is InChI=1S/C7H13N2O/c8-6-4-2-1-3-5(6)7(9)10/h5-6,9H,1-4,8H2. The van der Waals surface area contributed by atoms with Gasteiger partial charge in [-0.25, -0.2) is 0 Å². The van der Waals surface area contributed by atoms with Crippen LogP contribution in [-0.2, 0) is 4.79 Å². The van der Waals surface area contributed by atoms with E-state index in [1.807, 2.05) is 0 Å². The summed E-state index contributed by atoms with van der Waals surface area (Å²) < 4.78 is 0. The molecule has 1 radical (unpaired) electrons. The first-order valence-electron chi connectivity index (χ1n) is 3.73. The van der Waals surface area contributed by atoms with Crippen molar-refractivity contribution in [1.29, 1.82) is 0 Å². The monoisotopic (exact) mass is 141 g/mol. The summed E-state index contributed by atoms with van der Waals surface area (Å²) in [6.07, 6.45) is 3.91. The third-order valence-corrected chi connectivity index (χ3v) is 2.16. The van der Waals surface area contributed by atoms with Crippen molar-refractivity contribution in [3.63, 3.8) is 0 Å². The van der Waals surface area contributed by atoms with E-state index in [9.17, 15) is 4.79 Å². The van der Waals surface area contributed by atoms with Crippen LogP contribution in [0.4, 0.5) is 0 Å². The summed E-state index contributed by atoms with van der Waals surface area (Å²) in [5.41, 5.74) is 12.5. The van der Waals surface area contributed by atoms with E-state index in [2.05, 4.69) is 0 Å². The van der Waals surface area contributed by atoms with Crippen LogP contribution in [0.3, 0.4) is 0 Å². The summed E-state index contributed by atoms with van der Waals surface area (Å²) in [5.74, 6) is -0.652. The minimum Gasteiger partial charge on any atom is -0.327 e. The zero-order valence-corrected chi connectivity index (χ0v) is 5.97. The van der Waals surface area contributed by atoms with Gasteiger partial charge in [0.05, 0.1) is 5.92 Å². The van der Waals surface area contributed by atoms with Gasteiger partial charge in [-0.05, 0) is 12.8 Å². The van der Waals surface area contributed by atoms with Crippen LogP contribution in [0.5, 0.6) is 0 Å². The molecule has 0 aromatic carbocycles. The molecule has 1 rings (SSSR count). The Balaban J connectivity index is 2.47. The zero-order valence-electron chi connectivity index (χ0n) is 5.97. The molecule has 2 unspecified atom stereocenters. The lowest BCUT2D eigenvalue weighted by Crippen LogP contribution is -2.38. The molecule has 10 heavy (non-hydrogen) atoms. The predicted molar refractivity (Wildman–Crippen MR) is 38.0 cm³/mol. The Morgan fingerprint density at radius 1 is 1.40 bits per heavy atom.